The van der Waals surface area contributed by atoms with Gasteiger partial charge in [0.1, 0.15) is 5.75 Å². The largest absolute Gasteiger partial charge is 0.435 e. The molecule has 0 aromatic heterocycles. The van der Waals surface area contributed by atoms with Crippen molar-refractivity contribution >= 4 is 17.8 Å². The molecule has 1 aliphatic rings. The molecule has 0 radical (unpaired) electrons. The van der Waals surface area contributed by atoms with Gasteiger partial charge in [0.15, 0.2) is 0 Å². The SMILES string of the molecule is C=C/C(=C\C(=C)C1=CN=CCC1)C(=O)C(=O)c1ccc(OC(F)F)c(C)c1. The van der Waals surface area contributed by atoms with Crippen molar-refractivity contribution in [2.24, 2.45) is 4.99 Å². The number of aryl methyl sites for hydroxylation is 1. The van der Waals surface area contributed by atoms with Crippen LogP contribution in [0.1, 0.15) is 28.8 Å². The summed E-state index contributed by atoms with van der Waals surface area (Å²) in [7, 11) is 0. The quantitative estimate of drug-likeness (QED) is 0.286. The van der Waals surface area contributed by atoms with Gasteiger partial charge in [0, 0.05) is 23.6 Å². The normalized spacial score (nSPS) is 13.9. The third kappa shape index (κ3) is 5.17. The van der Waals surface area contributed by atoms with E-state index in [1.54, 1.807) is 12.4 Å². The molecule has 1 aliphatic heterocycles. The molecule has 0 atom stereocenters. The maximum atomic E-state index is 12.5. The van der Waals surface area contributed by atoms with Crippen LogP contribution in [0, 0.1) is 6.92 Å². The highest BCUT2D eigenvalue weighted by Gasteiger charge is 2.21. The molecule has 0 amide bonds. The number of halogens is 2. The number of rotatable bonds is 8. The number of alkyl halides is 2. The highest BCUT2D eigenvalue weighted by atomic mass is 19.3. The van der Waals surface area contributed by atoms with Crippen LogP contribution in [0.4, 0.5) is 8.78 Å². The third-order valence-electron chi connectivity index (χ3n) is 3.96. The Bertz CT molecular complexity index is 879. The summed E-state index contributed by atoms with van der Waals surface area (Å²) in [6.45, 7) is 6.05. The van der Waals surface area contributed by atoms with Gasteiger partial charge < -0.3 is 4.74 Å². The molecule has 0 bridgehead atoms. The zero-order valence-electron chi connectivity index (χ0n) is 14.9. The monoisotopic (exact) mass is 371 g/mol. The Morgan fingerprint density at radius 3 is 2.63 bits per heavy atom. The Morgan fingerprint density at radius 2 is 2.07 bits per heavy atom. The fraction of sp³-hybridized carbons (Fsp3) is 0.190. The topological polar surface area (TPSA) is 55.7 Å². The summed E-state index contributed by atoms with van der Waals surface area (Å²) in [5.41, 5.74) is 1.97. The lowest BCUT2D eigenvalue weighted by Crippen LogP contribution is -2.16. The summed E-state index contributed by atoms with van der Waals surface area (Å²) in [5, 5.41) is 0. The molecule has 0 saturated carbocycles. The molecule has 0 saturated heterocycles. The van der Waals surface area contributed by atoms with Crippen molar-refractivity contribution in [2.75, 3.05) is 0 Å². The van der Waals surface area contributed by atoms with E-state index in [0.717, 1.165) is 18.4 Å². The predicted octanol–water partition coefficient (Wildman–Crippen LogP) is 4.77. The first-order valence-corrected chi connectivity index (χ1v) is 8.22. The van der Waals surface area contributed by atoms with E-state index in [4.69, 9.17) is 0 Å². The van der Waals surface area contributed by atoms with Crippen molar-refractivity contribution in [1.29, 1.82) is 0 Å². The second kappa shape index (κ2) is 8.98. The van der Waals surface area contributed by atoms with Crippen LogP contribution in [-0.2, 0) is 4.79 Å². The second-order valence-electron chi connectivity index (χ2n) is 5.87. The van der Waals surface area contributed by atoms with Crippen LogP contribution in [0.3, 0.4) is 0 Å². The van der Waals surface area contributed by atoms with E-state index in [1.165, 1.54) is 37.3 Å². The highest BCUT2D eigenvalue weighted by Crippen LogP contribution is 2.23. The Morgan fingerprint density at radius 1 is 1.33 bits per heavy atom. The summed E-state index contributed by atoms with van der Waals surface area (Å²) >= 11 is 0. The molecule has 140 valence electrons. The van der Waals surface area contributed by atoms with E-state index in [0.29, 0.717) is 11.1 Å². The Kier molecular flexibility index (Phi) is 6.71. The van der Waals surface area contributed by atoms with Crippen LogP contribution >= 0.6 is 0 Å². The van der Waals surface area contributed by atoms with Crippen LogP contribution in [0.25, 0.3) is 0 Å². The minimum absolute atomic E-state index is 0.0494. The van der Waals surface area contributed by atoms with Gasteiger partial charge in [0.2, 0.25) is 11.6 Å². The van der Waals surface area contributed by atoms with Crippen LogP contribution in [-0.4, -0.2) is 24.4 Å². The van der Waals surface area contributed by atoms with Crippen LogP contribution in [0.2, 0.25) is 0 Å². The van der Waals surface area contributed by atoms with Crippen molar-refractivity contribution in [1.82, 2.24) is 0 Å². The first-order chi connectivity index (χ1) is 12.8. The number of nitrogens with zero attached hydrogens (tertiary/aromatic N) is 1. The average molecular weight is 371 g/mol. The summed E-state index contributed by atoms with van der Waals surface area (Å²) in [6.07, 6.45) is 7.77. The Labute approximate surface area is 156 Å². The first kappa shape index (κ1) is 20.2. The number of ketones is 2. The number of aliphatic imine (C=N–C) groups is 1. The lowest BCUT2D eigenvalue weighted by atomic mass is 9.95. The van der Waals surface area contributed by atoms with E-state index in [2.05, 4.69) is 22.9 Å². The zero-order chi connectivity index (χ0) is 20.0. The first-order valence-electron chi connectivity index (χ1n) is 8.22. The maximum absolute atomic E-state index is 12.5. The average Bonchev–Trinajstić information content (AvgIpc) is 2.66. The van der Waals surface area contributed by atoms with Gasteiger partial charge in [-0.2, -0.15) is 8.78 Å². The van der Waals surface area contributed by atoms with Gasteiger partial charge in [0.05, 0.1) is 0 Å². The van der Waals surface area contributed by atoms with Gasteiger partial charge in [-0.1, -0.05) is 19.2 Å². The van der Waals surface area contributed by atoms with E-state index >= 15 is 0 Å². The molecule has 0 spiro atoms. The number of benzene rings is 1. The predicted molar refractivity (Wildman–Crippen MR) is 100 cm³/mol. The molecule has 0 unspecified atom stereocenters. The molecular formula is C21H19F2NO3. The summed E-state index contributed by atoms with van der Waals surface area (Å²) in [6, 6.07) is 3.85. The van der Waals surface area contributed by atoms with Crippen molar-refractivity contribution in [2.45, 2.75) is 26.4 Å². The number of ether oxygens (including phenoxy) is 1. The number of Topliss-reactive ketones (excluding diaryl/α,β-unsaturated/α-hetero) is 2. The molecule has 1 heterocycles. The molecular weight excluding hydrogens is 352 g/mol. The van der Waals surface area contributed by atoms with Crippen LogP contribution < -0.4 is 4.74 Å². The smallest absolute Gasteiger partial charge is 0.387 e. The fourth-order valence-electron chi connectivity index (χ4n) is 2.52. The summed E-state index contributed by atoms with van der Waals surface area (Å²) in [4.78, 5) is 29.1. The number of hydrogen-bond donors (Lipinski definition) is 0. The maximum Gasteiger partial charge on any atom is 0.387 e. The molecule has 4 nitrogen and oxygen atoms in total. The molecule has 27 heavy (non-hydrogen) atoms. The third-order valence-corrected chi connectivity index (χ3v) is 3.96. The lowest BCUT2D eigenvalue weighted by Gasteiger charge is -2.10. The molecule has 0 aliphatic carbocycles. The Balaban J connectivity index is 2.22. The van der Waals surface area contributed by atoms with Gasteiger partial charge >= 0.3 is 6.61 Å². The van der Waals surface area contributed by atoms with Gasteiger partial charge in [-0.3, -0.25) is 14.6 Å². The van der Waals surface area contributed by atoms with Crippen molar-refractivity contribution in [3.8, 4) is 5.75 Å². The van der Waals surface area contributed by atoms with Crippen molar-refractivity contribution in [3.05, 3.63) is 77.6 Å². The Hall–Kier alpha value is -3.15. The van der Waals surface area contributed by atoms with Crippen molar-refractivity contribution in [3.63, 3.8) is 0 Å². The molecule has 0 fully saturated rings. The van der Waals surface area contributed by atoms with Crippen LogP contribution in [0.15, 0.2) is 71.4 Å². The molecule has 0 N–H and O–H groups in total. The summed E-state index contributed by atoms with van der Waals surface area (Å²) in [5.74, 6) is -1.57. The summed E-state index contributed by atoms with van der Waals surface area (Å²) < 4.78 is 29.0. The van der Waals surface area contributed by atoms with Gasteiger partial charge in [-0.05, 0) is 60.8 Å². The standard InChI is InChI=1S/C21H19F2NO3/c1-4-15(10-13(2)17-6-5-9-24-12-17)19(25)20(26)16-7-8-18(14(3)11-16)27-21(22)23/h4,7-12,21H,1-2,5-6H2,3H3/b15-10+. The number of allylic oxidation sites excluding steroid dienone is 5. The molecule has 2 rings (SSSR count). The van der Waals surface area contributed by atoms with Crippen LogP contribution in [0.5, 0.6) is 5.75 Å². The second-order valence-corrected chi connectivity index (χ2v) is 5.87. The van der Waals surface area contributed by atoms with E-state index in [9.17, 15) is 18.4 Å². The van der Waals surface area contributed by atoms with E-state index in [1.807, 2.05) is 0 Å². The number of hydrogen-bond acceptors (Lipinski definition) is 4. The zero-order valence-corrected chi connectivity index (χ0v) is 14.9. The lowest BCUT2D eigenvalue weighted by molar-refractivity contribution is -0.111. The van der Waals surface area contributed by atoms with Gasteiger partial charge in [-0.25, -0.2) is 0 Å². The highest BCUT2D eigenvalue weighted by molar-refractivity contribution is 6.49. The van der Waals surface area contributed by atoms with Gasteiger partial charge in [0.25, 0.3) is 0 Å². The minimum Gasteiger partial charge on any atom is -0.435 e. The molecule has 1 aromatic rings. The number of carbonyl (C=O) groups excluding carboxylic acids is 2. The van der Waals surface area contributed by atoms with Crippen molar-refractivity contribution < 1.29 is 23.1 Å². The van der Waals surface area contributed by atoms with E-state index in [-0.39, 0.29) is 16.9 Å². The minimum atomic E-state index is -2.97. The molecule has 1 aromatic carbocycles. The van der Waals surface area contributed by atoms with Gasteiger partial charge in [-0.15, -0.1) is 0 Å². The van der Waals surface area contributed by atoms with E-state index < -0.39 is 18.2 Å². The fourth-order valence-corrected chi connectivity index (χ4v) is 2.52. The number of carbonyl (C=O) groups is 2. The molecule has 6 heteroatoms.